The number of hydrogen-bond acceptors (Lipinski definition) is 4. The summed E-state index contributed by atoms with van der Waals surface area (Å²) in [6.07, 6.45) is 1.10. The third kappa shape index (κ3) is 3.11. The van der Waals surface area contributed by atoms with E-state index >= 15 is 0 Å². The Morgan fingerprint density at radius 1 is 1.30 bits per heavy atom. The Kier molecular flexibility index (Phi) is 4.63. The van der Waals surface area contributed by atoms with Crippen molar-refractivity contribution in [1.29, 1.82) is 0 Å². The van der Waals surface area contributed by atoms with Gasteiger partial charge >= 0.3 is 0 Å². The Morgan fingerprint density at radius 2 is 2.00 bits per heavy atom. The van der Waals surface area contributed by atoms with E-state index in [1.807, 2.05) is 37.3 Å². The minimum Gasteiger partial charge on any atom is -0.410 e. The van der Waals surface area contributed by atoms with Crippen LogP contribution in [0.3, 0.4) is 0 Å². The topological polar surface area (TPSA) is 52.9 Å². The van der Waals surface area contributed by atoms with E-state index in [0.717, 1.165) is 22.0 Å². The molecule has 104 valence electrons. The number of carbonyl (C=O) groups is 1. The first-order valence-electron chi connectivity index (χ1n) is 6.22. The van der Waals surface area contributed by atoms with E-state index < -0.39 is 0 Å². The molecule has 0 spiro atoms. The van der Waals surface area contributed by atoms with E-state index in [9.17, 15) is 4.79 Å². The summed E-state index contributed by atoms with van der Waals surface area (Å²) in [5.74, 6) is -0.110. The highest BCUT2D eigenvalue weighted by molar-refractivity contribution is 8.00. The third-order valence-corrected chi connectivity index (χ3v) is 4.14. The maximum absolute atomic E-state index is 12.1. The summed E-state index contributed by atoms with van der Waals surface area (Å²) >= 11 is 1.50. The molecular formula is C15H16N2O2S. The molecule has 20 heavy (non-hydrogen) atoms. The number of amides is 1. The molecule has 0 saturated carbocycles. The zero-order valence-electron chi connectivity index (χ0n) is 11.4. The number of hydrogen-bond donors (Lipinski definition) is 1. The van der Waals surface area contributed by atoms with Gasteiger partial charge in [-0.3, -0.25) is 4.79 Å². The van der Waals surface area contributed by atoms with Gasteiger partial charge in [-0.15, -0.1) is 11.8 Å². The van der Waals surface area contributed by atoms with Crippen molar-refractivity contribution in [3.8, 4) is 0 Å². The fraction of sp³-hybridized carbons (Fsp3) is 0.200. The van der Waals surface area contributed by atoms with Crippen LogP contribution < -0.4 is 0 Å². The van der Waals surface area contributed by atoms with Crippen LogP contribution in [-0.4, -0.2) is 34.7 Å². The Balaban J connectivity index is 2.22. The van der Waals surface area contributed by atoms with Crippen LogP contribution in [-0.2, 0) is 4.79 Å². The first-order chi connectivity index (χ1) is 9.63. The Labute approximate surface area is 122 Å². The zero-order valence-corrected chi connectivity index (χ0v) is 12.2. The van der Waals surface area contributed by atoms with Crippen molar-refractivity contribution >= 4 is 34.8 Å². The molecule has 2 aromatic carbocycles. The maximum Gasteiger partial charge on any atom is 0.240 e. The highest BCUT2D eigenvalue weighted by Gasteiger charge is 2.18. The summed E-state index contributed by atoms with van der Waals surface area (Å²) < 4.78 is 0. The van der Waals surface area contributed by atoms with Crippen molar-refractivity contribution in [3.63, 3.8) is 0 Å². The van der Waals surface area contributed by atoms with Gasteiger partial charge in [0.2, 0.25) is 5.91 Å². The van der Waals surface area contributed by atoms with Crippen LogP contribution in [0.4, 0.5) is 0 Å². The normalized spacial score (nSPS) is 12.7. The second-order valence-corrected chi connectivity index (χ2v) is 5.80. The second kappa shape index (κ2) is 6.43. The molecular weight excluding hydrogens is 272 g/mol. The monoisotopic (exact) mass is 288 g/mol. The van der Waals surface area contributed by atoms with Crippen LogP contribution in [0.1, 0.15) is 6.92 Å². The Morgan fingerprint density at radius 3 is 2.75 bits per heavy atom. The van der Waals surface area contributed by atoms with Crippen molar-refractivity contribution < 1.29 is 10.0 Å². The minimum absolute atomic E-state index is 0.110. The molecule has 0 aliphatic carbocycles. The minimum atomic E-state index is -0.260. The van der Waals surface area contributed by atoms with Crippen LogP contribution in [0.5, 0.6) is 0 Å². The fourth-order valence-electron chi connectivity index (χ4n) is 1.96. The number of benzene rings is 2. The molecule has 1 atom stereocenters. The molecule has 2 aromatic rings. The van der Waals surface area contributed by atoms with Gasteiger partial charge in [-0.25, -0.2) is 0 Å². The summed E-state index contributed by atoms with van der Waals surface area (Å²) in [5, 5.41) is 13.4. The van der Waals surface area contributed by atoms with Gasteiger partial charge in [0.05, 0.1) is 5.25 Å². The lowest BCUT2D eigenvalue weighted by Gasteiger charge is -2.17. The van der Waals surface area contributed by atoms with E-state index in [-0.39, 0.29) is 11.2 Å². The van der Waals surface area contributed by atoms with Crippen LogP contribution in [0.25, 0.3) is 10.8 Å². The molecule has 0 aliphatic rings. The summed E-state index contributed by atoms with van der Waals surface area (Å²) in [6.45, 7) is 1.84. The van der Waals surface area contributed by atoms with Gasteiger partial charge < -0.3 is 10.1 Å². The lowest BCUT2D eigenvalue weighted by Crippen LogP contribution is -2.32. The number of thioether (sulfide) groups is 1. The number of fused-ring (bicyclic) bond motifs is 1. The van der Waals surface area contributed by atoms with E-state index in [1.165, 1.54) is 16.7 Å². The number of oxime groups is 1. The van der Waals surface area contributed by atoms with E-state index in [4.69, 9.17) is 5.21 Å². The lowest BCUT2D eigenvalue weighted by atomic mass is 10.1. The summed E-state index contributed by atoms with van der Waals surface area (Å²) in [7, 11) is 1.57. The molecule has 0 bridgehead atoms. The van der Waals surface area contributed by atoms with E-state index in [0.29, 0.717) is 0 Å². The van der Waals surface area contributed by atoms with Crippen LogP contribution in [0.15, 0.2) is 52.5 Å². The maximum atomic E-state index is 12.1. The van der Waals surface area contributed by atoms with Crippen molar-refractivity contribution in [2.45, 2.75) is 17.1 Å². The average Bonchev–Trinajstić information content (AvgIpc) is 2.47. The van der Waals surface area contributed by atoms with Crippen LogP contribution in [0.2, 0.25) is 0 Å². The quantitative estimate of drug-likeness (QED) is 0.309. The number of rotatable bonds is 4. The molecule has 0 fully saturated rings. The van der Waals surface area contributed by atoms with Crippen molar-refractivity contribution in [3.05, 3.63) is 42.5 Å². The van der Waals surface area contributed by atoms with Crippen LogP contribution >= 0.6 is 11.8 Å². The van der Waals surface area contributed by atoms with Crippen molar-refractivity contribution in [2.24, 2.45) is 5.16 Å². The van der Waals surface area contributed by atoms with Crippen molar-refractivity contribution in [2.75, 3.05) is 7.05 Å². The molecule has 1 unspecified atom stereocenters. The van der Waals surface area contributed by atoms with Gasteiger partial charge in [0, 0.05) is 11.9 Å². The molecule has 1 N–H and O–H groups in total. The van der Waals surface area contributed by atoms with Crippen molar-refractivity contribution in [1.82, 2.24) is 4.90 Å². The SMILES string of the molecule is CC(Sc1cccc2ccccc12)C(=O)N(C)C=NO. The Bertz CT molecular complexity index is 637. The first-order valence-corrected chi connectivity index (χ1v) is 7.10. The Hall–Kier alpha value is -2.01. The predicted molar refractivity (Wildman–Crippen MR) is 82.3 cm³/mol. The summed E-state index contributed by atoms with van der Waals surface area (Å²) in [4.78, 5) is 14.4. The molecule has 0 aromatic heterocycles. The summed E-state index contributed by atoms with van der Waals surface area (Å²) in [6, 6.07) is 14.1. The third-order valence-electron chi connectivity index (χ3n) is 2.97. The van der Waals surface area contributed by atoms with Gasteiger partial charge in [0.25, 0.3) is 0 Å². The van der Waals surface area contributed by atoms with Gasteiger partial charge in [0.15, 0.2) is 0 Å². The van der Waals surface area contributed by atoms with E-state index in [1.54, 1.807) is 7.05 Å². The predicted octanol–water partition coefficient (Wildman–Crippen LogP) is 3.20. The molecule has 2 rings (SSSR count). The largest absolute Gasteiger partial charge is 0.410 e. The van der Waals surface area contributed by atoms with Gasteiger partial charge in [-0.1, -0.05) is 41.6 Å². The zero-order chi connectivity index (χ0) is 14.5. The summed E-state index contributed by atoms with van der Waals surface area (Å²) in [5.41, 5.74) is 0. The average molecular weight is 288 g/mol. The molecule has 0 saturated heterocycles. The van der Waals surface area contributed by atoms with E-state index in [2.05, 4.69) is 17.3 Å². The molecule has 4 nitrogen and oxygen atoms in total. The first kappa shape index (κ1) is 14.4. The van der Waals surface area contributed by atoms with Gasteiger partial charge in [-0.05, 0) is 23.8 Å². The van der Waals surface area contributed by atoms with Gasteiger partial charge in [0.1, 0.15) is 6.34 Å². The number of carbonyl (C=O) groups excluding carboxylic acids is 1. The molecule has 0 radical (unpaired) electrons. The highest BCUT2D eigenvalue weighted by atomic mass is 32.2. The fourth-order valence-corrected chi connectivity index (χ4v) is 3.08. The lowest BCUT2D eigenvalue weighted by molar-refractivity contribution is -0.125. The standard InChI is InChI=1S/C15H16N2O2S/c1-11(15(18)17(2)10-16-19)20-14-9-5-7-12-6-3-4-8-13(12)14/h3-11,19H,1-2H3. The van der Waals surface area contributed by atoms with Crippen LogP contribution in [0, 0.1) is 0 Å². The molecule has 5 heteroatoms. The number of nitrogens with zero attached hydrogens (tertiary/aromatic N) is 2. The second-order valence-electron chi connectivity index (χ2n) is 4.42. The highest BCUT2D eigenvalue weighted by Crippen LogP contribution is 2.31. The molecule has 0 aliphatic heterocycles. The smallest absolute Gasteiger partial charge is 0.240 e. The van der Waals surface area contributed by atoms with Gasteiger partial charge in [-0.2, -0.15) is 0 Å². The molecule has 0 heterocycles. The molecule has 1 amide bonds.